The number of esters is 1. The van der Waals surface area contributed by atoms with Crippen LogP contribution in [0.5, 0.6) is 5.75 Å². The van der Waals surface area contributed by atoms with Gasteiger partial charge in [-0.25, -0.2) is 0 Å². The molecule has 1 aliphatic carbocycles. The second-order valence-corrected chi connectivity index (χ2v) is 10.1. The number of likely N-dealkylation sites (tertiary alicyclic amines) is 1. The fourth-order valence-electron chi connectivity index (χ4n) is 5.71. The van der Waals surface area contributed by atoms with Crippen molar-refractivity contribution in [3.8, 4) is 5.75 Å². The van der Waals surface area contributed by atoms with Gasteiger partial charge in [-0.05, 0) is 79.7 Å². The minimum absolute atomic E-state index is 0.101. The van der Waals surface area contributed by atoms with E-state index in [1.54, 1.807) is 6.08 Å². The minimum Gasteiger partial charge on any atom is -0.492 e. The zero-order chi connectivity index (χ0) is 26.0. The molecule has 0 radical (unpaired) electrons. The normalized spacial score (nSPS) is 26.1. The van der Waals surface area contributed by atoms with Crippen LogP contribution in [0.4, 0.5) is 13.2 Å². The van der Waals surface area contributed by atoms with Crippen LogP contribution in [-0.2, 0) is 26.9 Å². The number of rotatable bonds is 7. The SMILES string of the molecule is O=C1C=CC2C(C1)OC(=O)C(c1ccc(C(F)(F)F)cc1)C2Cc1ccc(OCCN2CCCC2)cc1. The second-order valence-electron chi connectivity index (χ2n) is 10.1. The zero-order valence-electron chi connectivity index (χ0n) is 20.5. The molecule has 37 heavy (non-hydrogen) atoms. The summed E-state index contributed by atoms with van der Waals surface area (Å²) in [7, 11) is 0. The smallest absolute Gasteiger partial charge is 0.416 e. The van der Waals surface area contributed by atoms with Crippen molar-refractivity contribution in [1.29, 1.82) is 0 Å². The molecule has 3 aliphatic rings. The highest BCUT2D eigenvalue weighted by molar-refractivity contribution is 5.92. The molecule has 5 rings (SSSR count). The van der Waals surface area contributed by atoms with Crippen molar-refractivity contribution in [3.63, 3.8) is 0 Å². The van der Waals surface area contributed by atoms with Gasteiger partial charge in [0.25, 0.3) is 0 Å². The van der Waals surface area contributed by atoms with Gasteiger partial charge in [0.05, 0.1) is 11.5 Å². The number of ketones is 1. The van der Waals surface area contributed by atoms with Gasteiger partial charge in [0.2, 0.25) is 0 Å². The summed E-state index contributed by atoms with van der Waals surface area (Å²) in [4.78, 5) is 27.5. The third-order valence-electron chi connectivity index (χ3n) is 7.65. The van der Waals surface area contributed by atoms with E-state index in [1.807, 2.05) is 24.3 Å². The number of ether oxygens (including phenoxy) is 2. The Hall–Kier alpha value is -3.13. The standard InChI is InChI=1S/C29H30F3NO4/c30-29(31,32)21-7-5-20(6-8-21)27-25(24-12-9-22(34)18-26(24)37-28(27)35)17-19-3-10-23(11-4-19)36-16-15-33-13-1-2-14-33/h3-12,24-27H,1-2,13-18H2. The maximum absolute atomic E-state index is 13.1. The van der Waals surface area contributed by atoms with Crippen LogP contribution in [0.15, 0.2) is 60.7 Å². The predicted molar refractivity (Wildman–Crippen MR) is 131 cm³/mol. The third-order valence-corrected chi connectivity index (χ3v) is 7.65. The second kappa shape index (κ2) is 10.7. The molecule has 8 heteroatoms. The van der Waals surface area contributed by atoms with E-state index < -0.39 is 29.7 Å². The molecule has 2 aromatic carbocycles. The van der Waals surface area contributed by atoms with Crippen LogP contribution < -0.4 is 4.74 Å². The van der Waals surface area contributed by atoms with E-state index >= 15 is 0 Å². The Bertz CT molecular complexity index is 1140. The molecule has 0 spiro atoms. The van der Waals surface area contributed by atoms with Crippen LogP contribution in [0.1, 0.15) is 41.9 Å². The lowest BCUT2D eigenvalue weighted by molar-refractivity contribution is -0.165. The number of hydrogen-bond donors (Lipinski definition) is 0. The van der Waals surface area contributed by atoms with Gasteiger partial charge in [-0.3, -0.25) is 14.5 Å². The van der Waals surface area contributed by atoms with E-state index in [4.69, 9.17) is 9.47 Å². The number of alkyl halides is 3. The van der Waals surface area contributed by atoms with Gasteiger partial charge in [0.1, 0.15) is 18.5 Å². The van der Waals surface area contributed by atoms with Gasteiger partial charge in [0.15, 0.2) is 5.78 Å². The number of carbonyl (C=O) groups is 2. The Balaban J connectivity index is 1.34. The van der Waals surface area contributed by atoms with Gasteiger partial charge >= 0.3 is 12.1 Å². The monoisotopic (exact) mass is 513 g/mol. The lowest BCUT2D eigenvalue weighted by Gasteiger charge is -2.42. The highest BCUT2D eigenvalue weighted by Crippen LogP contribution is 2.44. The van der Waals surface area contributed by atoms with Gasteiger partial charge in [-0.2, -0.15) is 13.2 Å². The van der Waals surface area contributed by atoms with Crippen LogP contribution in [0.25, 0.3) is 0 Å². The molecule has 5 nitrogen and oxygen atoms in total. The van der Waals surface area contributed by atoms with Crippen LogP contribution in [0.3, 0.4) is 0 Å². The average Bonchev–Trinajstić information content (AvgIpc) is 3.38. The Morgan fingerprint density at radius 1 is 0.973 bits per heavy atom. The number of benzene rings is 2. The van der Waals surface area contributed by atoms with Crippen LogP contribution >= 0.6 is 0 Å². The largest absolute Gasteiger partial charge is 0.492 e. The van der Waals surface area contributed by atoms with E-state index in [-0.39, 0.29) is 24.0 Å². The predicted octanol–water partition coefficient (Wildman–Crippen LogP) is 5.19. The Labute approximate surface area is 214 Å². The quantitative estimate of drug-likeness (QED) is 0.477. The Kier molecular flexibility index (Phi) is 7.38. The summed E-state index contributed by atoms with van der Waals surface area (Å²) in [6.45, 7) is 3.75. The lowest BCUT2D eigenvalue weighted by atomic mass is 9.68. The number of allylic oxidation sites excluding steroid dienone is 1. The number of hydrogen-bond acceptors (Lipinski definition) is 5. The molecule has 2 aromatic rings. The molecular formula is C29H30F3NO4. The van der Waals surface area contributed by atoms with Crippen molar-refractivity contribution in [2.45, 2.75) is 43.9 Å². The fraction of sp³-hybridized carbons (Fsp3) is 0.448. The average molecular weight is 514 g/mol. The fourth-order valence-corrected chi connectivity index (χ4v) is 5.71. The molecule has 2 fully saturated rings. The number of nitrogens with zero attached hydrogens (tertiary/aromatic N) is 1. The summed E-state index contributed by atoms with van der Waals surface area (Å²) in [5.74, 6) is -1.05. The van der Waals surface area contributed by atoms with E-state index in [0.717, 1.165) is 43.1 Å². The number of carbonyl (C=O) groups excluding carboxylic acids is 2. The van der Waals surface area contributed by atoms with Gasteiger partial charge in [-0.15, -0.1) is 0 Å². The summed E-state index contributed by atoms with van der Waals surface area (Å²) in [5.41, 5.74) is 0.694. The van der Waals surface area contributed by atoms with E-state index in [9.17, 15) is 22.8 Å². The van der Waals surface area contributed by atoms with Crippen molar-refractivity contribution in [2.75, 3.05) is 26.2 Å². The van der Waals surface area contributed by atoms with Crippen molar-refractivity contribution in [1.82, 2.24) is 4.90 Å². The van der Waals surface area contributed by atoms with Crippen molar-refractivity contribution in [2.24, 2.45) is 11.8 Å². The molecule has 0 aromatic heterocycles. The maximum Gasteiger partial charge on any atom is 0.416 e. The molecule has 2 aliphatic heterocycles. The van der Waals surface area contributed by atoms with Crippen molar-refractivity contribution >= 4 is 11.8 Å². The first-order valence-electron chi connectivity index (χ1n) is 12.8. The van der Waals surface area contributed by atoms with Crippen LogP contribution in [0.2, 0.25) is 0 Å². The summed E-state index contributed by atoms with van der Waals surface area (Å²) in [6.07, 6.45) is 1.40. The lowest BCUT2D eigenvalue weighted by Crippen LogP contribution is -2.46. The van der Waals surface area contributed by atoms with Gasteiger partial charge in [0, 0.05) is 18.9 Å². The maximum atomic E-state index is 13.1. The molecule has 0 N–H and O–H groups in total. The van der Waals surface area contributed by atoms with Gasteiger partial charge in [-0.1, -0.05) is 30.3 Å². The molecule has 0 bridgehead atoms. The highest BCUT2D eigenvalue weighted by atomic mass is 19.4. The Morgan fingerprint density at radius 2 is 1.68 bits per heavy atom. The molecular weight excluding hydrogens is 483 g/mol. The summed E-state index contributed by atoms with van der Waals surface area (Å²) >= 11 is 0. The minimum atomic E-state index is -4.46. The van der Waals surface area contributed by atoms with E-state index in [1.165, 1.54) is 31.1 Å². The summed E-state index contributed by atoms with van der Waals surface area (Å²) in [5, 5.41) is 0. The first-order chi connectivity index (χ1) is 17.8. The zero-order valence-corrected chi connectivity index (χ0v) is 20.5. The summed E-state index contributed by atoms with van der Waals surface area (Å²) < 4.78 is 50.9. The molecule has 2 heterocycles. The molecule has 0 saturated carbocycles. The topological polar surface area (TPSA) is 55.8 Å². The van der Waals surface area contributed by atoms with Crippen LogP contribution in [-0.4, -0.2) is 49.0 Å². The van der Waals surface area contributed by atoms with Gasteiger partial charge < -0.3 is 9.47 Å². The molecule has 4 unspecified atom stereocenters. The molecule has 2 saturated heterocycles. The molecule has 4 atom stereocenters. The van der Waals surface area contributed by atoms with E-state index in [0.29, 0.717) is 18.6 Å². The number of halogens is 3. The first kappa shape index (κ1) is 25.5. The summed E-state index contributed by atoms with van der Waals surface area (Å²) in [6, 6.07) is 12.5. The molecule has 196 valence electrons. The number of fused-ring (bicyclic) bond motifs is 1. The molecule has 0 amide bonds. The Morgan fingerprint density at radius 3 is 2.35 bits per heavy atom. The van der Waals surface area contributed by atoms with E-state index in [2.05, 4.69) is 4.90 Å². The van der Waals surface area contributed by atoms with Crippen molar-refractivity contribution < 1.29 is 32.2 Å². The van der Waals surface area contributed by atoms with Crippen LogP contribution in [0, 0.1) is 11.8 Å². The first-order valence-corrected chi connectivity index (χ1v) is 12.8. The highest BCUT2D eigenvalue weighted by Gasteiger charge is 2.47. The third kappa shape index (κ3) is 5.90. The van der Waals surface area contributed by atoms with Crippen molar-refractivity contribution in [3.05, 3.63) is 77.4 Å².